The summed E-state index contributed by atoms with van der Waals surface area (Å²) >= 11 is 2.12. The molecule has 4 N–H and O–H groups in total. The molecule has 0 aliphatic carbocycles. The van der Waals surface area contributed by atoms with Crippen molar-refractivity contribution in [3.8, 4) is 17.2 Å². The van der Waals surface area contributed by atoms with E-state index in [1.165, 1.54) is 25.5 Å². The molecule has 0 aromatic heterocycles. The number of aliphatic hydroxyl groups excluding tert-OH is 1. The lowest BCUT2D eigenvalue weighted by atomic mass is 9.95. The Kier molecular flexibility index (Phi) is 11.7. The SMILES string of the molecule is CCOc1cc([C@@H]2NC(=O)NC(C)=C2C(=O)OC)ccc1OC[C@H](O)N/N=C\c1ccc(OCc2cccc([N+](=O)[O-])c2)c(I)c1. The van der Waals surface area contributed by atoms with Gasteiger partial charge in [0.15, 0.2) is 17.7 Å². The number of non-ortho nitro benzene ring substituents is 1. The monoisotopic (exact) mass is 745 g/mol. The lowest BCUT2D eigenvalue weighted by Gasteiger charge is -2.28. The molecule has 14 nitrogen and oxygen atoms in total. The number of amides is 2. The largest absolute Gasteiger partial charge is 0.490 e. The fourth-order valence-corrected chi connectivity index (χ4v) is 5.15. The number of ether oxygens (including phenoxy) is 4. The van der Waals surface area contributed by atoms with E-state index >= 15 is 0 Å². The first-order chi connectivity index (χ1) is 22.1. The van der Waals surface area contributed by atoms with Gasteiger partial charge in [0.1, 0.15) is 19.0 Å². The Hall–Kier alpha value is -4.90. The van der Waals surface area contributed by atoms with Crippen LogP contribution in [0.15, 0.2) is 77.0 Å². The third-order valence-corrected chi connectivity index (χ3v) is 7.42. The first-order valence-corrected chi connectivity index (χ1v) is 15.1. The van der Waals surface area contributed by atoms with E-state index in [0.717, 1.165) is 9.13 Å². The van der Waals surface area contributed by atoms with Crippen LogP contribution >= 0.6 is 22.6 Å². The number of hydrazone groups is 1. The zero-order valence-electron chi connectivity index (χ0n) is 25.1. The summed E-state index contributed by atoms with van der Waals surface area (Å²) in [7, 11) is 1.27. The van der Waals surface area contributed by atoms with Crippen LogP contribution in [0.25, 0.3) is 0 Å². The van der Waals surface area contributed by atoms with Gasteiger partial charge >= 0.3 is 12.0 Å². The Morgan fingerprint density at radius 1 is 1.13 bits per heavy atom. The predicted octanol–water partition coefficient (Wildman–Crippen LogP) is 4.30. The van der Waals surface area contributed by atoms with E-state index in [4.69, 9.17) is 18.9 Å². The number of carbonyl (C=O) groups excluding carboxylic acids is 2. The second-order valence-electron chi connectivity index (χ2n) is 9.82. The van der Waals surface area contributed by atoms with Gasteiger partial charge in [-0.3, -0.25) is 15.5 Å². The van der Waals surface area contributed by atoms with Crippen molar-refractivity contribution < 1.29 is 38.6 Å². The predicted molar refractivity (Wildman–Crippen MR) is 176 cm³/mol. The number of allylic oxidation sites excluding steroid dienone is 1. The molecule has 0 spiro atoms. The summed E-state index contributed by atoms with van der Waals surface area (Å²) in [5.41, 5.74) is 5.23. The number of methoxy groups -OCH3 is 1. The van der Waals surface area contributed by atoms with Gasteiger partial charge in [-0.05, 0) is 83.5 Å². The van der Waals surface area contributed by atoms with Gasteiger partial charge in [0.05, 0.1) is 40.0 Å². The van der Waals surface area contributed by atoms with Gasteiger partial charge in [-0.25, -0.2) is 9.59 Å². The third kappa shape index (κ3) is 8.85. The molecule has 3 aromatic carbocycles. The number of nitrogens with one attached hydrogen (secondary N) is 3. The lowest BCUT2D eigenvalue weighted by Crippen LogP contribution is -2.45. The summed E-state index contributed by atoms with van der Waals surface area (Å²) < 4.78 is 23.1. The van der Waals surface area contributed by atoms with Crippen molar-refractivity contribution in [2.45, 2.75) is 32.7 Å². The highest BCUT2D eigenvalue weighted by molar-refractivity contribution is 14.1. The Bertz CT molecular complexity index is 1660. The van der Waals surface area contributed by atoms with Gasteiger partial charge in [-0.15, -0.1) is 0 Å². The number of benzene rings is 3. The number of hydrogen-bond donors (Lipinski definition) is 4. The third-order valence-electron chi connectivity index (χ3n) is 6.58. The summed E-state index contributed by atoms with van der Waals surface area (Å²) in [5, 5.41) is 30.8. The highest BCUT2D eigenvalue weighted by Crippen LogP contribution is 2.35. The van der Waals surface area contributed by atoms with Gasteiger partial charge in [-0.1, -0.05) is 18.2 Å². The van der Waals surface area contributed by atoms with Crippen LogP contribution in [-0.4, -0.2) is 54.8 Å². The second kappa shape index (κ2) is 15.9. The topological polar surface area (TPSA) is 183 Å². The summed E-state index contributed by atoms with van der Waals surface area (Å²) in [6, 6.07) is 15.4. The molecule has 1 aliphatic heterocycles. The maximum atomic E-state index is 12.4. The van der Waals surface area contributed by atoms with E-state index < -0.39 is 29.2 Å². The van der Waals surface area contributed by atoms with Gasteiger partial charge in [0.25, 0.3) is 5.69 Å². The number of halogens is 1. The molecular weight excluding hydrogens is 713 g/mol. The highest BCUT2D eigenvalue weighted by atomic mass is 127. The van der Waals surface area contributed by atoms with Crippen LogP contribution < -0.4 is 30.3 Å². The van der Waals surface area contributed by atoms with Crippen molar-refractivity contribution in [2.24, 2.45) is 5.10 Å². The van der Waals surface area contributed by atoms with Crippen LogP contribution in [0, 0.1) is 13.7 Å². The van der Waals surface area contributed by atoms with E-state index in [9.17, 15) is 24.8 Å². The van der Waals surface area contributed by atoms with Gasteiger partial charge < -0.3 is 34.7 Å². The number of rotatable bonds is 14. The van der Waals surface area contributed by atoms with Crippen LogP contribution in [0.2, 0.25) is 0 Å². The average molecular weight is 746 g/mol. The maximum Gasteiger partial charge on any atom is 0.337 e. The number of carbonyl (C=O) groups is 2. The molecule has 3 aromatic rings. The summed E-state index contributed by atoms with van der Waals surface area (Å²) in [6.07, 6.45) is 0.361. The molecule has 2 amide bonds. The minimum Gasteiger partial charge on any atom is -0.490 e. The van der Waals surface area contributed by atoms with Crippen molar-refractivity contribution in [3.05, 3.63) is 102 Å². The fraction of sp³-hybridized carbons (Fsp3) is 0.258. The Balaban J connectivity index is 1.34. The molecule has 46 heavy (non-hydrogen) atoms. The minimum atomic E-state index is -1.16. The first kappa shape index (κ1) is 34.0. The normalized spacial score (nSPS) is 15.1. The van der Waals surface area contributed by atoms with Crippen LogP contribution in [-0.2, 0) is 16.1 Å². The molecule has 0 saturated heterocycles. The molecule has 0 bridgehead atoms. The number of hydrogen-bond acceptors (Lipinski definition) is 11. The Labute approximate surface area is 278 Å². The number of esters is 1. The Morgan fingerprint density at radius 2 is 1.91 bits per heavy atom. The molecule has 1 heterocycles. The lowest BCUT2D eigenvalue weighted by molar-refractivity contribution is -0.384. The summed E-state index contributed by atoms with van der Waals surface area (Å²) in [6.45, 7) is 3.74. The number of nitro groups is 1. The molecule has 1 aliphatic rings. The van der Waals surface area contributed by atoms with E-state index in [2.05, 4.69) is 43.8 Å². The highest BCUT2D eigenvalue weighted by Gasteiger charge is 2.32. The fourth-order valence-electron chi connectivity index (χ4n) is 4.46. The summed E-state index contributed by atoms with van der Waals surface area (Å²) in [4.78, 5) is 35.1. The molecular formula is C31H32IN5O9. The van der Waals surface area contributed by atoms with E-state index in [0.29, 0.717) is 40.7 Å². The van der Waals surface area contributed by atoms with Gasteiger partial charge in [0, 0.05) is 17.8 Å². The molecule has 4 rings (SSSR count). The van der Waals surface area contributed by atoms with Crippen LogP contribution in [0.5, 0.6) is 17.2 Å². The molecule has 2 atom stereocenters. The molecule has 242 valence electrons. The molecule has 15 heteroatoms. The van der Waals surface area contributed by atoms with Crippen LogP contribution in [0.4, 0.5) is 10.5 Å². The number of nitrogens with zero attached hydrogens (tertiary/aromatic N) is 2. The number of aliphatic hydroxyl groups is 1. The van der Waals surface area contributed by atoms with E-state index in [-0.39, 0.29) is 24.5 Å². The summed E-state index contributed by atoms with van der Waals surface area (Å²) in [5.74, 6) is 0.719. The van der Waals surface area contributed by atoms with E-state index in [1.54, 1.807) is 56.3 Å². The minimum absolute atomic E-state index is 0.00211. The van der Waals surface area contributed by atoms with E-state index in [1.807, 2.05) is 6.07 Å². The van der Waals surface area contributed by atoms with Gasteiger partial charge in [0.2, 0.25) is 0 Å². The Morgan fingerprint density at radius 3 is 2.63 bits per heavy atom. The second-order valence-corrected chi connectivity index (χ2v) is 11.0. The standard InChI is InChI=1S/C31H32IN5O9/c1-4-44-26-14-21(29-28(30(39)43-3)18(2)34-31(40)35-29)9-11-25(26)46-17-27(38)36-33-15-19-8-10-24(23(32)13-19)45-16-20-6-5-7-22(12-20)37(41)42/h5-15,27,29,36,38H,4,16-17H2,1-3H3,(H2,34,35,40)/b33-15-/t27-,29-/m0/s1. The molecule has 0 saturated carbocycles. The molecule has 0 unspecified atom stereocenters. The number of urea groups is 1. The van der Waals surface area contributed by atoms with Crippen molar-refractivity contribution >= 4 is 46.5 Å². The van der Waals surface area contributed by atoms with Crippen molar-refractivity contribution in [3.63, 3.8) is 0 Å². The zero-order valence-corrected chi connectivity index (χ0v) is 27.3. The van der Waals surface area contributed by atoms with Gasteiger partial charge in [-0.2, -0.15) is 5.10 Å². The maximum absolute atomic E-state index is 12.4. The van der Waals surface area contributed by atoms with Crippen molar-refractivity contribution in [1.82, 2.24) is 16.1 Å². The van der Waals surface area contributed by atoms with Crippen molar-refractivity contribution in [1.29, 1.82) is 0 Å². The quantitative estimate of drug-likeness (QED) is 0.0464. The van der Waals surface area contributed by atoms with Crippen LogP contribution in [0.1, 0.15) is 36.6 Å². The number of nitro benzene ring substituents is 1. The van der Waals surface area contributed by atoms with Crippen LogP contribution in [0.3, 0.4) is 0 Å². The average Bonchev–Trinajstić information content (AvgIpc) is 3.03. The first-order valence-electron chi connectivity index (χ1n) is 14.0. The van der Waals surface area contributed by atoms with Crippen molar-refractivity contribution in [2.75, 3.05) is 20.3 Å². The molecule has 0 radical (unpaired) electrons. The zero-order chi connectivity index (χ0) is 33.2. The smallest absolute Gasteiger partial charge is 0.337 e. The molecule has 0 fully saturated rings.